The van der Waals surface area contributed by atoms with Crippen molar-refractivity contribution in [2.45, 2.75) is 0 Å². The minimum atomic E-state index is 0.0533. The summed E-state index contributed by atoms with van der Waals surface area (Å²) in [5.41, 5.74) is 0. The largest absolute Gasteiger partial charge is 0.446 e. The predicted octanol–water partition coefficient (Wildman–Crippen LogP) is 9.03. The maximum atomic E-state index is 6.20. The van der Waals surface area contributed by atoms with Crippen LogP contribution in [0.25, 0.3) is 0 Å². The fourth-order valence-electron chi connectivity index (χ4n) is 1.75. The molecule has 0 aromatic heterocycles. The average molecular weight is 549 g/mol. The number of hydrogen-bond acceptors (Lipinski definition) is 2. The average Bonchev–Trinajstić information content (AvgIpc) is 2.52. The quantitative estimate of drug-likeness (QED) is 0.206. The predicted molar refractivity (Wildman–Crippen MR) is 98.5 cm³/mol. The van der Waals surface area contributed by atoms with E-state index < -0.39 is 0 Å². The molecule has 1 aliphatic rings. The molecule has 0 N–H and O–H groups in total. The van der Waals surface area contributed by atoms with Gasteiger partial charge in [-0.05, 0) is 31.9 Å². The highest BCUT2D eigenvalue weighted by Crippen LogP contribution is 2.61. The summed E-state index contributed by atoms with van der Waals surface area (Å²) in [7, 11) is 0. The van der Waals surface area contributed by atoms with Crippen LogP contribution < -0.4 is 9.47 Å². The van der Waals surface area contributed by atoms with Gasteiger partial charge < -0.3 is 9.47 Å². The summed E-state index contributed by atoms with van der Waals surface area (Å²) in [5, 5.41) is 0.651. The Morgan fingerprint density at radius 3 is 1.32 bits per heavy atom. The lowest BCUT2D eigenvalue weighted by Crippen LogP contribution is -2.03. The molecular weight excluding hydrogens is 549 g/mol. The van der Waals surface area contributed by atoms with Crippen LogP contribution in [-0.4, -0.2) is 0 Å². The Labute approximate surface area is 171 Å². The van der Waals surface area contributed by atoms with Crippen molar-refractivity contribution in [2.75, 3.05) is 0 Å². The molecule has 10 heteroatoms. The van der Waals surface area contributed by atoms with Crippen molar-refractivity contribution in [1.82, 2.24) is 0 Å². The fraction of sp³-hybridized carbons (Fsp3) is 0. The van der Waals surface area contributed by atoms with Gasteiger partial charge in [0.15, 0.2) is 23.0 Å². The van der Waals surface area contributed by atoms with E-state index in [1.807, 2.05) is 0 Å². The van der Waals surface area contributed by atoms with Gasteiger partial charge in [0, 0.05) is 0 Å². The maximum Gasteiger partial charge on any atom is 0.191 e. The lowest BCUT2D eigenvalue weighted by atomic mass is 10.2. The Bertz CT molecular complexity index is 704. The van der Waals surface area contributed by atoms with Crippen LogP contribution in [0.5, 0.6) is 23.0 Å². The molecule has 0 bridgehead atoms. The second-order valence-corrected chi connectivity index (χ2v) is 7.89. The molecule has 0 fully saturated rings. The Morgan fingerprint density at radius 1 is 0.455 bits per heavy atom. The maximum absolute atomic E-state index is 6.20. The molecule has 0 spiro atoms. The first kappa shape index (κ1) is 17.6. The molecular formula is C12Br2Cl6O2. The molecule has 116 valence electrons. The van der Waals surface area contributed by atoms with Gasteiger partial charge in [0.25, 0.3) is 0 Å². The van der Waals surface area contributed by atoms with E-state index in [9.17, 15) is 0 Å². The molecule has 0 saturated heterocycles. The van der Waals surface area contributed by atoms with Gasteiger partial charge in [-0.15, -0.1) is 0 Å². The second-order valence-electron chi connectivity index (χ2n) is 4.03. The summed E-state index contributed by atoms with van der Waals surface area (Å²) in [6.07, 6.45) is 0. The molecule has 3 rings (SSSR count). The first-order valence-electron chi connectivity index (χ1n) is 5.33. The normalized spacial score (nSPS) is 12.4. The van der Waals surface area contributed by atoms with Crippen molar-refractivity contribution in [3.8, 4) is 23.0 Å². The third kappa shape index (κ3) is 2.51. The van der Waals surface area contributed by atoms with Crippen molar-refractivity contribution in [3.05, 3.63) is 39.1 Å². The topological polar surface area (TPSA) is 18.5 Å². The van der Waals surface area contributed by atoms with Gasteiger partial charge in [-0.1, -0.05) is 69.6 Å². The first-order chi connectivity index (χ1) is 10.3. The Kier molecular flexibility index (Phi) is 4.97. The van der Waals surface area contributed by atoms with Gasteiger partial charge >= 0.3 is 0 Å². The minimum Gasteiger partial charge on any atom is -0.446 e. The number of fused-ring (bicyclic) bond motifs is 2. The van der Waals surface area contributed by atoms with Gasteiger partial charge in [0.05, 0.1) is 24.0 Å². The molecule has 0 unspecified atom stereocenters. The summed E-state index contributed by atoms with van der Waals surface area (Å²) in [4.78, 5) is 0. The Balaban J connectivity index is 2.32. The van der Waals surface area contributed by atoms with Crippen LogP contribution in [0, 0.1) is 0 Å². The van der Waals surface area contributed by atoms with Crippen molar-refractivity contribution in [2.24, 2.45) is 0 Å². The third-order valence-electron chi connectivity index (χ3n) is 2.77. The second kappa shape index (κ2) is 6.23. The van der Waals surface area contributed by atoms with Crippen LogP contribution in [0.2, 0.25) is 30.1 Å². The molecule has 2 aromatic rings. The summed E-state index contributed by atoms with van der Waals surface area (Å²) in [6.45, 7) is 0. The highest BCUT2D eigenvalue weighted by atomic mass is 79.9. The number of halogens is 8. The lowest BCUT2D eigenvalue weighted by Gasteiger charge is -2.26. The van der Waals surface area contributed by atoms with E-state index in [4.69, 9.17) is 79.1 Å². The Hall–Kier alpha value is 0.740. The molecule has 2 aromatic carbocycles. The van der Waals surface area contributed by atoms with Gasteiger partial charge in [0.1, 0.15) is 15.1 Å². The van der Waals surface area contributed by atoms with E-state index >= 15 is 0 Å². The zero-order valence-electron chi connectivity index (χ0n) is 9.84. The van der Waals surface area contributed by atoms with Gasteiger partial charge in [-0.25, -0.2) is 0 Å². The van der Waals surface area contributed by atoms with Crippen molar-refractivity contribution >= 4 is 101 Å². The summed E-state index contributed by atoms with van der Waals surface area (Å²) in [6, 6.07) is 0. The van der Waals surface area contributed by atoms with Crippen LogP contribution >= 0.6 is 101 Å². The zero-order valence-corrected chi connectivity index (χ0v) is 17.5. The van der Waals surface area contributed by atoms with Crippen LogP contribution in [0.15, 0.2) is 8.95 Å². The molecule has 0 aliphatic carbocycles. The van der Waals surface area contributed by atoms with Gasteiger partial charge in [-0.2, -0.15) is 0 Å². The first-order valence-corrected chi connectivity index (χ1v) is 9.18. The molecule has 22 heavy (non-hydrogen) atoms. The van der Waals surface area contributed by atoms with Crippen molar-refractivity contribution in [1.29, 1.82) is 0 Å². The summed E-state index contributed by atoms with van der Waals surface area (Å²) < 4.78 is 12.5. The van der Waals surface area contributed by atoms with Crippen LogP contribution in [0.1, 0.15) is 0 Å². The van der Waals surface area contributed by atoms with Gasteiger partial charge in [-0.3, -0.25) is 0 Å². The molecule has 0 atom stereocenters. The Morgan fingerprint density at radius 2 is 0.818 bits per heavy atom. The zero-order chi connectivity index (χ0) is 16.3. The number of benzene rings is 2. The summed E-state index contributed by atoms with van der Waals surface area (Å²) >= 11 is 43.3. The van der Waals surface area contributed by atoms with E-state index in [1.54, 1.807) is 0 Å². The number of hydrogen-bond donors (Lipinski definition) is 0. The molecule has 0 amide bonds. The SMILES string of the molecule is Clc1c(Cl)c(Cl)c2c(c1Cl)Oc1c(Cl)c(Cl)c(Br)c(Br)c1O2. The minimum absolute atomic E-state index is 0.0533. The smallest absolute Gasteiger partial charge is 0.191 e. The van der Waals surface area contributed by atoms with Crippen molar-refractivity contribution in [3.63, 3.8) is 0 Å². The fourth-order valence-corrected chi connectivity index (χ4v) is 4.11. The number of rotatable bonds is 0. The molecule has 0 saturated carbocycles. The van der Waals surface area contributed by atoms with Crippen molar-refractivity contribution < 1.29 is 9.47 Å². The van der Waals surface area contributed by atoms with Crippen LogP contribution in [0.4, 0.5) is 0 Å². The van der Waals surface area contributed by atoms with E-state index in [0.29, 0.717) is 8.95 Å². The molecule has 1 heterocycles. The highest BCUT2D eigenvalue weighted by Gasteiger charge is 2.33. The van der Waals surface area contributed by atoms with Crippen LogP contribution in [0.3, 0.4) is 0 Å². The van der Waals surface area contributed by atoms with E-state index in [-0.39, 0.29) is 53.1 Å². The van der Waals surface area contributed by atoms with Crippen LogP contribution in [-0.2, 0) is 0 Å². The summed E-state index contributed by atoms with van der Waals surface area (Å²) in [5.74, 6) is 0.719. The molecule has 1 aliphatic heterocycles. The highest BCUT2D eigenvalue weighted by molar-refractivity contribution is 9.13. The van der Waals surface area contributed by atoms with E-state index in [1.165, 1.54) is 0 Å². The molecule has 2 nitrogen and oxygen atoms in total. The monoisotopic (exact) mass is 544 g/mol. The third-order valence-corrected chi connectivity index (χ3v) is 7.69. The molecule has 0 radical (unpaired) electrons. The standard InChI is InChI=1S/C12Br2Cl6O2/c13-1-2(14)9-10(6(18)3(1)15)22-12-8(20)5(17)4(16)7(19)11(12)21-9. The van der Waals surface area contributed by atoms with Gasteiger partial charge in [0.2, 0.25) is 0 Å². The number of ether oxygens (including phenoxy) is 2. The van der Waals surface area contributed by atoms with E-state index in [0.717, 1.165) is 0 Å². The lowest BCUT2D eigenvalue weighted by molar-refractivity contribution is 0.358. The van der Waals surface area contributed by atoms with E-state index in [2.05, 4.69) is 31.9 Å².